The molecule has 0 aliphatic heterocycles. The average molecular weight is 182 g/mol. The Morgan fingerprint density at radius 3 is 2.46 bits per heavy atom. The van der Waals surface area contributed by atoms with E-state index in [1.54, 1.807) is 6.07 Å². The molecule has 0 amide bonds. The van der Waals surface area contributed by atoms with Gasteiger partial charge in [-0.2, -0.15) is 0 Å². The molecule has 3 heteroatoms. The fourth-order valence-electron chi connectivity index (χ4n) is 1.44. The first-order chi connectivity index (χ1) is 6.00. The Kier molecular flexibility index (Phi) is 2.96. The van der Waals surface area contributed by atoms with Crippen LogP contribution in [0.15, 0.2) is 6.07 Å². The van der Waals surface area contributed by atoms with E-state index in [1.165, 1.54) is 0 Å². The van der Waals surface area contributed by atoms with E-state index in [0.717, 1.165) is 12.1 Å². The molecule has 0 aromatic carbocycles. The van der Waals surface area contributed by atoms with Crippen LogP contribution in [0.25, 0.3) is 0 Å². The quantitative estimate of drug-likeness (QED) is 0.779. The lowest BCUT2D eigenvalue weighted by molar-refractivity contribution is 0.420. The minimum atomic E-state index is 0.129. The molecule has 0 saturated heterocycles. The first-order valence-electron chi connectivity index (χ1n) is 4.78. The molecule has 0 bridgehead atoms. The van der Waals surface area contributed by atoms with Gasteiger partial charge in [-0.15, -0.1) is 5.10 Å². The summed E-state index contributed by atoms with van der Waals surface area (Å²) in [4.78, 5) is 0. The number of hydrogen-bond acceptors (Lipinski definition) is 2. The third-order valence-corrected chi connectivity index (χ3v) is 1.91. The van der Waals surface area contributed by atoms with Crippen molar-refractivity contribution >= 4 is 0 Å². The van der Waals surface area contributed by atoms with Crippen molar-refractivity contribution in [3.63, 3.8) is 0 Å². The summed E-state index contributed by atoms with van der Waals surface area (Å²) in [6.07, 6.45) is 0.964. The van der Waals surface area contributed by atoms with Crippen molar-refractivity contribution in [3.8, 4) is 5.88 Å². The second-order valence-electron chi connectivity index (χ2n) is 4.13. The van der Waals surface area contributed by atoms with Crippen LogP contribution in [0.3, 0.4) is 0 Å². The van der Waals surface area contributed by atoms with Gasteiger partial charge in [0.05, 0.1) is 0 Å². The Morgan fingerprint density at radius 2 is 2.00 bits per heavy atom. The van der Waals surface area contributed by atoms with Crippen molar-refractivity contribution in [2.75, 3.05) is 0 Å². The zero-order valence-electron chi connectivity index (χ0n) is 8.78. The highest BCUT2D eigenvalue weighted by atomic mass is 16.3. The molecule has 0 spiro atoms. The summed E-state index contributed by atoms with van der Waals surface area (Å²) < 4.78 is 1.88. The molecular formula is C10H18N2O. The zero-order chi connectivity index (χ0) is 10.0. The van der Waals surface area contributed by atoms with E-state index in [2.05, 4.69) is 32.8 Å². The molecule has 13 heavy (non-hydrogen) atoms. The number of nitrogens with zero attached hydrogens (tertiary/aromatic N) is 2. The molecular weight excluding hydrogens is 164 g/mol. The van der Waals surface area contributed by atoms with E-state index in [0.29, 0.717) is 12.0 Å². The van der Waals surface area contributed by atoms with E-state index in [1.807, 2.05) is 4.68 Å². The van der Waals surface area contributed by atoms with Crippen molar-refractivity contribution in [1.29, 1.82) is 0 Å². The van der Waals surface area contributed by atoms with E-state index in [-0.39, 0.29) is 5.88 Å². The third-order valence-electron chi connectivity index (χ3n) is 1.91. The van der Waals surface area contributed by atoms with Crippen molar-refractivity contribution in [3.05, 3.63) is 11.8 Å². The maximum atomic E-state index is 9.26. The topological polar surface area (TPSA) is 38.1 Å². The Morgan fingerprint density at radius 1 is 1.38 bits per heavy atom. The van der Waals surface area contributed by atoms with Crippen molar-refractivity contribution in [2.24, 2.45) is 5.92 Å². The zero-order valence-corrected chi connectivity index (χ0v) is 8.78. The van der Waals surface area contributed by atoms with Gasteiger partial charge in [-0.1, -0.05) is 13.8 Å². The number of rotatable bonds is 3. The predicted octanol–water partition coefficient (Wildman–Crippen LogP) is 2.37. The largest absolute Gasteiger partial charge is 0.492 e. The number of aromatic hydroxyl groups is 1. The molecule has 0 unspecified atom stereocenters. The van der Waals surface area contributed by atoms with Gasteiger partial charge in [0.1, 0.15) is 0 Å². The van der Waals surface area contributed by atoms with Gasteiger partial charge in [-0.3, -0.25) is 4.68 Å². The monoisotopic (exact) mass is 182 g/mol. The van der Waals surface area contributed by atoms with Gasteiger partial charge in [0.2, 0.25) is 5.88 Å². The van der Waals surface area contributed by atoms with E-state index < -0.39 is 0 Å². The van der Waals surface area contributed by atoms with E-state index in [4.69, 9.17) is 0 Å². The maximum absolute atomic E-state index is 9.26. The third kappa shape index (κ3) is 2.47. The van der Waals surface area contributed by atoms with Crippen molar-refractivity contribution < 1.29 is 5.11 Å². The highest BCUT2D eigenvalue weighted by Gasteiger charge is 2.10. The van der Waals surface area contributed by atoms with Gasteiger partial charge >= 0.3 is 0 Å². The van der Waals surface area contributed by atoms with Gasteiger partial charge in [-0.05, 0) is 26.2 Å². The summed E-state index contributed by atoms with van der Waals surface area (Å²) in [5.41, 5.74) is 1.11. The van der Waals surface area contributed by atoms with E-state index >= 15 is 0 Å². The molecule has 1 N–H and O–H groups in total. The molecule has 1 heterocycles. The Labute approximate surface area is 79.4 Å². The van der Waals surface area contributed by atoms with Crippen LogP contribution in [0.2, 0.25) is 0 Å². The molecule has 0 aliphatic carbocycles. The van der Waals surface area contributed by atoms with Gasteiger partial charge in [0.25, 0.3) is 0 Å². The van der Waals surface area contributed by atoms with Crippen LogP contribution in [0.5, 0.6) is 5.88 Å². The summed E-state index contributed by atoms with van der Waals surface area (Å²) in [5.74, 6) is 0.720. The Hall–Kier alpha value is -0.990. The molecule has 1 rings (SSSR count). The fourth-order valence-corrected chi connectivity index (χ4v) is 1.44. The second-order valence-corrected chi connectivity index (χ2v) is 4.13. The van der Waals surface area contributed by atoms with Crippen LogP contribution < -0.4 is 0 Å². The maximum Gasteiger partial charge on any atom is 0.230 e. The van der Waals surface area contributed by atoms with Crippen LogP contribution in [0, 0.1) is 5.92 Å². The van der Waals surface area contributed by atoms with E-state index in [9.17, 15) is 5.11 Å². The SMILES string of the molecule is CC(C)Cc1cc(O)nn1C(C)C. The molecule has 1 aromatic heterocycles. The molecule has 74 valence electrons. The smallest absolute Gasteiger partial charge is 0.230 e. The van der Waals surface area contributed by atoms with Crippen LogP contribution in [-0.4, -0.2) is 14.9 Å². The highest BCUT2D eigenvalue weighted by Crippen LogP contribution is 2.18. The second kappa shape index (κ2) is 3.81. The average Bonchev–Trinajstić information content (AvgIpc) is 2.29. The van der Waals surface area contributed by atoms with Gasteiger partial charge < -0.3 is 5.11 Å². The van der Waals surface area contributed by atoms with Gasteiger partial charge in [0.15, 0.2) is 0 Å². The Balaban J connectivity index is 2.91. The summed E-state index contributed by atoms with van der Waals surface area (Å²) >= 11 is 0. The standard InChI is InChI=1S/C10H18N2O/c1-7(2)5-9-6-10(13)11-12(9)8(3)4/h6-8H,5H2,1-4H3,(H,11,13). The molecule has 0 aliphatic rings. The van der Waals surface area contributed by atoms with Crippen molar-refractivity contribution in [2.45, 2.75) is 40.2 Å². The highest BCUT2D eigenvalue weighted by molar-refractivity contribution is 5.15. The Bertz CT molecular complexity index is 276. The molecule has 0 atom stereocenters. The number of hydrogen-bond donors (Lipinski definition) is 1. The lowest BCUT2D eigenvalue weighted by Crippen LogP contribution is -2.09. The van der Waals surface area contributed by atoms with Crippen LogP contribution >= 0.6 is 0 Å². The molecule has 0 fully saturated rings. The summed E-state index contributed by atoms with van der Waals surface area (Å²) in [5, 5.41) is 13.3. The summed E-state index contributed by atoms with van der Waals surface area (Å²) in [6, 6.07) is 2.06. The minimum absolute atomic E-state index is 0.129. The van der Waals surface area contributed by atoms with Gasteiger partial charge in [0, 0.05) is 17.8 Å². The number of aromatic nitrogens is 2. The predicted molar refractivity (Wildman–Crippen MR) is 52.8 cm³/mol. The van der Waals surface area contributed by atoms with Crippen LogP contribution in [-0.2, 0) is 6.42 Å². The first kappa shape index (κ1) is 10.1. The summed E-state index contributed by atoms with van der Waals surface area (Å²) in [6.45, 7) is 8.45. The van der Waals surface area contributed by atoms with Gasteiger partial charge in [-0.25, -0.2) is 0 Å². The lowest BCUT2D eigenvalue weighted by Gasteiger charge is -2.11. The molecule has 0 radical (unpaired) electrons. The van der Waals surface area contributed by atoms with Crippen LogP contribution in [0.1, 0.15) is 39.4 Å². The van der Waals surface area contributed by atoms with Crippen molar-refractivity contribution in [1.82, 2.24) is 9.78 Å². The minimum Gasteiger partial charge on any atom is -0.492 e. The molecule has 1 aromatic rings. The summed E-state index contributed by atoms with van der Waals surface area (Å²) in [7, 11) is 0. The lowest BCUT2D eigenvalue weighted by atomic mass is 10.1. The normalized spacial score (nSPS) is 11.5. The fraction of sp³-hybridized carbons (Fsp3) is 0.700. The van der Waals surface area contributed by atoms with Crippen LogP contribution in [0.4, 0.5) is 0 Å². The molecule has 0 saturated carbocycles. The first-order valence-corrected chi connectivity index (χ1v) is 4.78. The molecule has 3 nitrogen and oxygen atoms in total.